The van der Waals surface area contributed by atoms with Gasteiger partial charge < -0.3 is 4.74 Å². The van der Waals surface area contributed by atoms with Crippen LogP contribution in [0, 0.1) is 6.92 Å². The van der Waals surface area contributed by atoms with Gasteiger partial charge >= 0.3 is 5.97 Å². The lowest BCUT2D eigenvalue weighted by molar-refractivity contribution is 0.0599. The molecule has 0 radical (unpaired) electrons. The van der Waals surface area contributed by atoms with E-state index in [0.29, 0.717) is 16.7 Å². The molecule has 4 nitrogen and oxygen atoms in total. The molecule has 1 aromatic carbocycles. The number of sulfone groups is 1. The summed E-state index contributed by atoms with van der Waals surface area (Å²) < 4.78 is 29.0. The van der Waals surface area contributed by atoms with E-state index in [1.807, 2.05) is 6.92 Å². The Morgan fingerprint density at radius 2 is 1.80 bits per heavy atom. The van der Waals surface area contributed by atoms with Gasteiger partial charge in [0, 0.05) is 0 Å². The molecule has 108 valence electrons. The van der Waals surface area contributed by atoms with Gasteiger partial charge in [-0.2, -0.15) is 0 Å². The number of carbonyl (C=O) groups excluding carboxylic acids is 1. The number of esters is 1. The molecule has 0 atom stereocenters. The van der Waals surface area contributed by atoms with Crippen LogP contribution in [-0.2, 0) is 14.6 Å². The number of rotatable bonds is 1. The van der Waals surface area contributed by atoms with Crippen LogP contribution in [-0.4, -0.2) is 26.2 Å². The van der Waals surface area contributed by atoms with Crippen molar-refractivity contribution >= 4 is 21.4 Å². The summed E-state index contributed by atoms with van der Waals surface area (Å²) in [5.74, 6) is -0.523. The van der Waals surface area contributed by atoms with Crippen LogP contribution in [0.4, 0.5) is 0 Å². The largest absolute Gasteiger partial charge is 0.465 e. The van der Waals surface area contributed by atoms with Crippen molar-refractivity contribution in [2.24, 2.45) is 0 Å². The van der Waals surface area contributed by atoms with Crippen molar-refractivity contribution in [1.29, 1.82) is 0 Å². The second kappa shape index (κ2) is 4.45. The van der Waals surface area contributed by atoms with E-state index in [4.69, 9.17) is 4.74 Å². The minimum atomic E-state index is -3.52. The predicted molar refractivity (Wildman–Crippen MR) is 77.4 cm³/mol. The summed E-state index contributed by atoms with van der Waals surface area (Å²) in [7, 11) is -2.24. The molecule has 0 saturated carbocycles. The molecule has 0 aromatic heterocycles. The molecule has 0 unspecified atom stereocenters. The minimum absolute atomic E-state index is 0.202. The first kappa shape index (κ1) is 14.8. The lowest BCUT2D eigenvalue weighted by Gasteiger charge is -2.29. The van der Waals surface area contributed by atoms with Gasteiger partial charge in [0.15, 0.2) is 9.84 Å². The molecule has 1 aliphatic rings. The van der Waals surface area contributed by atoms with Crippen molar-refractivity contribution in [3.05, 3.63) is 34.9 Å². The Morgan fingerprint density at radius 1 is 1.20 bits per heavy atom. The molecule has 0 aliphatic carbocycles. The molecule has 0 amide bonds. The summed E-state index contributed by atoms with van der Waals surface area (Å²) in [6, 6.07) is 3.17. The molecular weight excluding hydrogens is 276 g/mol. The van der Waals surface area contributed by atoms with Crippen LogP contribution in [0.2, 0.25) is 0 Å². The number of hydrogen-bond donors (Lipinski definition) is 0. The molecule has 0 spiro atoms. The van der Waals surface area contributed by atoms with Gasteiger partial charge in [0.2, 0.25) is 0 Å². The maximum Gasteiger partial charge on any atom is 0.338 e. The molecule has 1 aromatic rings. The fourth-order valence-electron chi connectivity index (χ4n) is 2.51. The lowest BCUT2D eigenvalue weighted by Crippen LogP contribution is -2.33. The fraction of sp³-hybridized carbons (Fsp3) is 0.400. The zero-order valence-corrected chi connectivity index (χ0v) is 13.1. The highest BCUT2D eigenvalue weighted by Gasteiger charge is 2.39. The van der Waals surface area contributed by atoms with Crippen molar-refractivity contribution in [2.75, 3.05) is 7.11 Å². The van der Waals surface area contributed by atoms with Gasteiger partial charge in [-0.25, -0.2) is 13.2 Å². The van der Waals surface area contributed by atoms with Crippen LogP contribution in [0.3, 0.4) is 0 Å². The highest BCUT2D eigenvalue weighted by molar-refractivity contribution is 7.93. The molecule has 20 heavy (non-hydrogen) atoms. The second-order valence-corrected chi connectivity index (χ2v) is 8.09. The number of aryl methyl sites for hydroxylation is 1. The molecule has 1 heterocycles. The predicted octanol–water partition coefficient (Wildman–Crippen LogP) is 2.75. The first-order chi connectivity index (χ1) is 9.11. The number of hydrogen-bond acceptors (Lipinski definition) is 4. The summed E-state index contributed by atoms with van der Waals surface area (Å²) in [4.78, 5) is 11.9. The maximum atomic E-state index is 12.6. The quantitative estimate of drug-likeness (QED) is 0.747. The first-order valence-corrected chi connectivity index (χ1v) is 7.77. The van der Waals surface area contributed by atoms with Gasteiger partial charge in [0.1, 0.15) is 0 Å². The van der Waals surface area contributed by atoms with E-state index in [9.17, 15) is 13.2 Å². The van der Waals surface area contributed by atoms with Gasteiger partial charge in [0.05, 0.1) is 22.3 Å². The van der Waals surface area contributed by atoms with Gasteiger partial charge in [-0.3, -0.25) is 0 Å². The van der Waals surface area contributed by atoms with E-state index in [-0.39, 0.29) is 4.90 Å². The molecule has 0 N–H and O–H groups in total. The monoisotopic (exact) mass is 294 g/mol. The smallest absolute Gasteiger partial charge is 0.338 e. The fourth-order valence-corrected chi connectivity index (χ4v) is 4.19. The molecule has 2 rings (SSSR count). The van der Waals surface area contributed by atoms with Crippen molar-refractivity contribution in [3.8, 4) is 0 Å². The molecule has 5 heteroatoms. The average molecular weight is 294 g/mol. The van der Waals surface area contributed by atoms with E-state index in [1.54, 1.807) is 32.9 Å². The summed E-state index contributed by atoms with van der Waals surface area (Å²) >= 11 is 0. The Labute approximate surface area is 119 Å². The number of methoxy groups -OCH3 is 1. The molecule has 0 saturated heterocycles. The van der Waals surface area contributed by atoms with E-state index >= 15 is 0 Å². The number of ether oxygens (including phenoxy) is 1. The standard InChI is InChI=1S/C15H18O4S/c1-9-6-11-10(2)8-15(3,4)20(17,18)13(11)7-12(9)14(16)19-5/h6-8H,1-5H3. The van der Waals surface area contributed by atoms with Crippen molar-refractivity contribution in [2.45, 2.75) is 37.3 Å². The van der Waals surface area contributed by atoms with Crippen LogP contribution in [0.5, 0.6) is 0 Å². The van der Waals surface area contributed by atoms with Crippen LogP contribution >= 0.6 is 0 Å². The Balaban J connectivity index is 2.83. The summed E-state index contributed by atoms with van der Waals surface area (Å²) in [6.45, 7) is 6.97. The van der Waals surface area contributed by atoms with Crippen molar-refractivity contribution < 1.29 is 17.9 Å². The Morgan fingerprint density at radius 3 is 2.35 bits per heavy atom. The summed E-state index contributed by atoms with van der Waals surface area (Å²) in [5, 5.41) is 0. The third kappa shape index (κ3) is 1.97. The minimum Gasteiger partial charge on any atom is -0.465 e. The van der Waals surface area contributed by atoms with Crippen molar-refractivity contribution in [1.82, 2.24) is 0 Å². The van der Waals surface area contributed by atoms with Crippen LogP contribution in [0.25, 0.3) is 5.57 Å². The highest BCUT2D eigenvalue weighted by atomic mass is 32.2. The van der Waals surface area contributed by atoms with E-state index in [0.717, 1.165) is 5.57 Å². The normalized spacial score (nSPS) is 18.9. The Bertz CT molecular complexity index is 724. The van der Waals surface area contributed by atoms with E-state index in [1.165, 1.54) is 13.2 Å². The van der Waals surface area contributed by atoms with Crippen LogP contribution in [0.1, 0.15) is 42.3 Å². The SMILES string of the molecule is COC(=O)c1cc2c(cc1C)C(C)=CC(C)(C)S2(=O)=O. The third-order valence-corrected chi connectivity index (χ3v) is 6.12. The molecule has 0 fully saturated rings. The lowest BCUT2D eigenvalue weighted by atomic mass is 9.97. The third-order valence-electron chi connectivity index (χ3n) is 3.70. The topological polar surface area (TPSA) is 60.4 Å². The first-order valence-electron chi connectivity index (χ1n) is 6.29. The van der Waals surface area contributed by atoms with Gasteiger partial charge in [-0.15, -0.1) is 0 Å². The summed E-state index contributed by atoms with van der Waals surface area (Å²) in [6.07, 6.45) is 1.75. The second-order valence-electron chi connectivity index (χ2n) is 5.59. The van der Waals surface area contributed by atoms with Gasteiger partial charge in [-0.1, -0.05) is 6.08 Å². The highest BCUT2D eigenvalue weighted by Crippen LogP contribution is 2.39. The number of carbonyl (C=O) groups is 1. The van der Waals surface area contributed by atoms with E-state index < -0.39 is 20.6 Å². The van der Waals surface area contributed by atoms with Crippen molar-refractivity contribution in [3.63, 3.8) is 0 Å². The average Bonchev–Trinajstić information content (AvgIpc) is 2.35. The van der Waals surface area contributed by atoms with Crippen LogP contribution in [0.15, 0.2) is 23.1 Å². The number of benzene rings is 1. The van der Waals surface area contributed by atoms with E-state index in [2.05, 4.69) is 0 Å². The zero-order chi connectivity index (χ0) is 15.3. The zero-order valence-electron chi connectivity index (χ0n) is 12.3. The van der Waals surface area contributed by atoms with Gasteiger partial charge in [-0.05, 0) is 56.5 Å². The molecular formula is C15H18O4S. The van der Waals surface area contributed by atoms with Crippen LogP contribution < -0.4 is 0 Å². The maximum absolute atomic E-state index is 12.6. The molecule has 1 aliphatic heterocycles. The Hall–Kier alpha value is -1.62. The van der Waals surface area contributed by atoms with Gasteiger partial charge in [0.25, 0.3) is 0 Å². The Kier molecular flexibility index (Phi) is 3.29. The molecule has 0 bridgehead atoms. The summed E-state index contributed by atoms with van der Waals surface area (Å²) in [5.41, 5.74) is 2.56. The number of allylic oxidation sites excluding steroid dienone is 1. The number of fused-ring (bicyclic) bond motifs is 1.